The van der Waals surface area contributed by atoms with Crippen molar-refractivity contribution < 1.29 is 19.4 Å². The molecule has 1 aliphatic rings. The number of hydrogen-bond donors (Lipinski definition) is 1. The van der Waals surface area contributed by atoms with Crippen molar-refractivity contribution in [3.05, 3.63) is 101 Å². The fourth-order valence-corrected chi connectivity index (χ4v) is 4.23. The van der Waals surface area contributed by atoms with Crippen LogP contribution < -0.4 is 4.74 Å². The minimum atomic E-state index is -0.710. The van der Waals surface area contributed by atoms with Crippen LogP contribution in [0.5, 0.6) is 5.75 Å². The number of benzene rings is 2. The molecule has 0 aliphatic carbocycles. The van der Waals surface area contributed by atoms with Gasteiger partial charge in [-0.2, -0.15) is 0 Å². The zero-order valence-electron chi connectivity index (χ0n) is 20.1. The summed E-state index contributed by atoms with van der Waals surface area (Å²) in [6, 6.07) is 17.8. The number of Topliss-reactive ketones (excluding diaryl/α,β-unsaturated/α-hetero) is 1. The van der Waals surface area contributed by atoms with Crippen LogP contribution in [-0.4, -0.2) is 33.3 Å². The molecule has 1 atom stereocenters. The number of aromatic nitrogens is 1. The zero-order valence-corrected chi connectivity index (χ0v) is 20.1. The number of aryl methyl sites for hydroxylation is 1. The van der Waals surface area contributed by atoms with Crippen LogP contribution in [0.25, 0.3) is 5.76 Å². The van der Waals surface area contributed by atoms with E-state index in [4.69, 9.17) is 4.74 Å². The van der Waals surface area contributed by atoms with E-state index in [0.29, 0.717) is 17.9 Å². The molecule has 35 heavy (non-hydrogen) atoms. The average Bonchev–Trinajstić information content (AvgIpc) is 3.14. The molecule has 1 N–H and O–H groups in total. The van der Waals surface area contributed by atoms with Crippen LogP contribution in [0.4, 0.5) is 0 Å². The number of likely N-dealkylation sites (tertiary alicyclic amines) is 1. The predicted molar refractivity (Wildman–Crippen MR) is 135 cm³/mol. The number of pyridine rings is 1. The van der Waals surface area contributed by atoms with Crippen molar-refractivity contribution in [2.75, 3.05) is 6.61 Å². The minimum absolute atomic E-state index is 0.0824. The Morgan fingerprint density at radius 2 is 1.74 bits per heavy atom. The topological polar surface area (TPSA) is 79.7 Å². The monoisotopic (exact) mass is 470 g/mol. The van der Waals surface area contributed by atoms with Crippen LogP contribution in [0.2, 0.25) is 0 Å². The van der Waals surface area contributed by atoms with Crippen LogP contribution in [0.1, 0.15) is 55.0 Å². The van der Waals surface area contributed by atoms with Gasteiger partial charge in [-0.1, -0.05) is 56.7 Å². The molecule has 2 aromatic carbocycles. The van der Waals surface area contributed by atoms with Gasteiger partial charge >= 0.3 is 0 Å². The highest BCUT2D eigenvalue weighted by Gasteiger charge is 2.46. The number of carbonyl (C=O) groups excluding carboxylic acids is 2. The quantitative estimate of drug-likeness (QED) is 0.195. The minimum Gasteiger partial charge on any atom is -0.507 e. The van der Waals surface area contributed by atoms with Crippen molar-refractivity contribution in [3.8, 4) is 5.75 Å². The summed E-state index contributed by atoms with van der Waals surface area (Å²) in [5.74, 6) is -0.926. The molecule has 6 nitrogen and oxygen atoms in total. The van der Waals surface area contributed by atoms with E-state index in [2.05, 4.69) is 18.8 Å². The van der Waals surface area contributed by atoms with E-state index in [1.165, 1.54) is 4.90 Å². The molecule has 0 bridgehead atoms. The fraction of sp³-hybridized carbons (Fsp3) is 0.276. The normalized spacial score (nSPS) is 17.1. The number of carbonyl (C=O) groups is 2. The van der Waals surface area contributed by atoms with E-state index in [1.54, 1.807) is 30.6 Å². The summed E-state index contributed by atoms with van der Waals surface area (Å²) in [5, 5.41) is 11.3. The highest BCUT2D eigenvalue weighted by molar-refractivity contribution is 6.46. The van der Waals surface area contributed by atoms with Gasteiger partial charge < -0.3 is 14.7 Å². The van der Waals surface area contributed by atoms with Crippen molar-refractivity contribution in [1.82, 2.24) is 9.88 Å². The van der Waals surface area contributed by atoms with E-state index in [-0.39, 0.29) is 17.9 Å². The second-order valence-electron chi connectivity index (χ2n) is 8.61. The SMILES string of the molecule is CCCCOc1cccc(C(O)=C2C(=O)C(=O)N(Cc3ccncc3)C2c2ccc(CC)cc2)c1. The summed E-state index contributed by atoms with van der Waals surface area (Å²) < 4.78 is 5.78. The zero-order chi connectivity index (χ0) is 24.8. The van der Waals surface area contributed by atoms with Crippen LogP contribution in [-0.2, 0) is 22.6 Å². The Labute approximate surface area is 205 Å². The summed E-state index contributed by atoms with van der Waals surface area (Å²) in [4.78, 5) is 32.0. The van der Waals surface area contributed by atoms with Gasteiger partial charge in [0.15, 0.2) is 0 Å². The van der Waals surface area contributed by atoms with Gasteiger partial charge in [0.25, 0.3) is 11.7 Å². The van der Waals surface area contributed by atoms with Crippen molar-refractivity contribution in [2.24, 2.45) is 0 Å². The first-order chi connectivity index (χ1) is 17.0. The number of aliphatic hydroxyl groups excluding tert-OH is 1. The third kappa shape index (κ3) is 5.27. The molecule has 4 rings (SSSR count). The lowest BCUT2D eigenvalue weighted by molar-refractivity contribution is -0.140. The van der Waals surface area contributed by atoms with E-state index in [1.807, 2.05) is 42.5 Å². The van der Waals surface area contributed by atoms with Gasteiger partial charge in [0.1, 0.15) is 11.5 Å². The molecule has 1 aromatic heterocycles. The molecule has 2 heterocycles. The summed E-state index contributed by atoms with van der Waals surface area (Å²) in [7, 11) is 0. The Kier molecular flexibility index (Phi) is 7.60. The maximum Gasteiger partial charge on any atom is 0.295 e. The number of hydrogen-bond acceptors (Lipinski definition) is 5. The molecule has 1 saturated heterocycles. The van der Waals surface area contributed by atoms with Crippen LogP contribution in [0.3, 0.4) is 0 Å². The first kappa shape index (κ1) is 24.2. The van der Waals surface area contributed by atoms with Gasteiger partial charge in [-0.05, 0) is 53.8 Å². The summed E-state index contributed by atoms with van der Waals surface area (Å²) >= 11 is 0. The Hall–Kier alpha value is -3.93. The number of rotatable bonds is 9. The number of unbranched alkanes of at least 4 members (excludes halogenated alkanes) is 1. The largest absolute Gasteiger partial charge is 0.507 e. The van der Waals surface area contributed by atoms with Crippen molar-refractivity contribution in [2.45, 2.75) is 45.7 Å². The Morgan fingerprint density at radius 3 is 2.43 bits per heavy atom. The van der Waals surface area contributed by atoms with Gasteiger partial charge in [0, 0.05) is 24.5 Å². The number of ether oxygens (including phenoxy) is 1. The number of nitrogens with zero attached hydrogens (tertiary/aromatic N) is 2. The maximum absolute atomic E-state index is 13.3. The molecule has 1 unspecified atom stereocenters. The molecular weight excluding hydrogens is 440 g/mol. The molecule has 0 spiro atoms. The second-order valence-corrected chi connectivity index (χ2v) is 8.61. The molecular formula is C29H30N2O4. The lowest BCUT2D eigenvalue weighted by Gasteiger charge is -2.25. The molecule has 1 aliphatic heterocycles. The second kappa shape index (κ2) is 11.0. The lowest BCUT2D eigenvalue weighted by Crippen LogP contribution is -2.29. The Bertz CT molecular complexity index is 1220. The standard InChI is InChI=1S/C29H30N2O4/c1-3-5-17-35-24-8-6-7-23(18-24)27(32)25-26(22-11-9-20(4-2)10-12-22)31(29(34)28(25)33)19-21-13-15-30-16-14-21/h6-16,18,26,32H,3-5,17,19H2,1-2H3. The van der Waals surface area contributed by atoms with Crippen molar-refractivity contribution in [3.63, 3.8) is 0 Å². The smallest absolute Gasteiger partial charge is 0.295 e. The summed E-state index contributed by atoms with van der Waals surface area (Å²) in [6.45, 7) is 4.95. The highest BCUT2D eigenvalue weighted by Crippen LogP contribution is 2.40. The van der Waals surface area contributed by atoms with Gasteiger partial charge in [-0.25, -0.2) is 0 Å². The number of aliphatic hydroxyl groups is 1. The van der Waals surface area contributed by atoms with Gasteiger partial charge in [-0.3, -0.25) is 14.6 Å². The molecule has 180 valence electrons. The van der Waals surface area contributed by atoms with E-state index >= 15 is 0 Å². The van der Waals surface area contributed by atoms with Crippen LogP contribution in [0, 0.1) is 0 Å². The third-order valence-electron chi connectivity index (χ3n) is 6.22. The van der Waals surface area contributed by atoms with Crippen molar-refractivity contribution in [1.29, 1.82) is 0 Å². The number of ketones is 1. The lowest BCUT2D eigenvalue weighted by atomic mass is 9.94. The average molecular weight is 471 g/mol. The summed E-state index contributed by atoms with van der Waals surface area (Å²) in [6.07, 6.45) is 6.12. The first-order valence-corrected chi connectivity index (χ1v) is 12.0. The molecule has 3 aromatic rings. The van der Waals surface area contributed by atoms with Gasteiger partial charge in [-0.15, -0.1) is 0 Å². The molecule has 0 saturated carbocycles. The van der Waals surface area contributed by atoms with E-state index < -0.39 is 17.7 Å². The van der Waals surface area contributed by atoms with Crippen LogP contribution in [0.15, 0.2) is 78.6 Å². The molecule has 1 fully saturated rings. The van der Waals surface area contributed by atoms with Crippen LogP contribution >= 0.6 is 0 Å². The van der Waals surface area contributed by atoms with E-state index in [9.17, 15) is 14.7 Å². The molecule has 0 radical (unpaired) electrons. The Balaban J connectivity index is 1.78. The van der Waals surface area contributed by atoms with E-state index in [0.717, 1.165) is 36.0 Å². The molecule has 1 amide bonds. The maximum atomic E-state index is 13.3. The van der Waals surface area contributed by atoms with Gasteiger partial charge in [0.2, 0.25) is 0 Å². The Morgan fingerprint density at radius 1 is 1.00 bits per heavy atom. The number of amides is 1. The highest BCUT2D eigenvalue weighted by atomic mass is 16.5. The van der Waals surface area contributed by atoms with Crippen molar-refractivity contribution >= 4 is 17.4 Å². The van der Waals surface area contributed by atoms with Gasteiger partial charge in [0.05, 0.1) is 18.2 Å². The fourth-order valence-electron chi connectivity index (χ4n) is 4.23. The predicted octanol–water partition coefficient (Wildman–Crippen LogP) is 5.44. The summed E-state index contributed by atoms with van der Waals surface area (Å²) in [5.41, 5.74) is 3.29. The first-order valence-electron chi connectivity index (χ1n) is 12.0. The third-order valence-corrected chi connectivity index (χ3v) is 6.22. The molecule has 6 heteroatoms.